The van der Waals surface area contributed by atoms with Crippen LogP contribution in [0.1, 0.15) is 0 Å². The fourth-order valence-corrected chi connectivity index (χ4v) is 2.32. The molecule has 104 valence electrons. The van der Waals surface area contributed by atoms with Crippen LogP contribution in [0.25, 0.3) is 0 Å². The minimum absolute atomic E-state index is 0.0202. The van der Waals surface area contributed by atoms with Crippen LogP contribution in [0.4, 0.5) is 0 Å². The van der Waals surface area contributed by atoms with E-state index in [9.17, 15) is 4.79 Å². The maximum absolute atomic E-state index is 11.8. The lowest BCUT2D eigenvalue weighted by Gasteiger charge is -2.09. The number of ether oxygens (including phenoxy) is 2. The number of carbonyl (C=O) groups excluding carboxylic acids is 1. The molecular formula is C15H13ClO3S. The highest BCUT2D eigenvalue weighted by Crippen LogP contribution is 2.27. The van der Waals surface area contributed by atoms with Gasteiger partial charge < -0.3 is 9.47 Å². The van der Waals surface area contributed by atoms with Crippen molar-refractivity contribution >= 4 is 28.5 Å². The van der Waals surface area contributed by atoms with E-state index in [1.54, 1.807) is 43.5 Å². The molecule has 0 saturated heterocycles. The van der Waals surface area contributed by atoms with Gasteiger partial charge in [-0.05, 0) is 48.2 Å². The molecule has 2 aromatic rings. The molecule has 0 bridgehead atoms. The van der Waals surface area contributed by atoms with Crippen LogP contribution in [-0.2, 0) is 4.79 Å². The van der Waals surface area contributed by atoms with Gasteiger partial charge in [0, 0.05) is 9.92 Å². The molecule has 0 heterocycles. The molecule has 3 nitrogen and oxygen atoms in total. The van der Waals surface area contributed by atoms with Crippen LogP contribution < -0.4 is 9.47 Å². The van der Waals surface area contributed by atoms with Crippen molar-refractivity contribution in [3.05, 3.63) is 53.6 Å². The molecule has 2 rings (SSSR count). The van der Waals surface area contributed by atoms with Crippen molar-refractivity contribution in [3.63, 3.8) is 0 Å². The number of thioether (sulfide) groups is 1. The summed E-state index contributed by atoms with van der Waals surface area (Å²) in [6.45, 7) is -0.0202. The van der Waals surface area contributed by atoms with E-state index in [1.807, 2.05) is 12.1 Å². The number of hydrogen-bond acceptors (Lipinski definition) is 4. The lowest BCUT2D eigenvalue weighted by molar-refractivity contribution is -0.112. The standard InChI is InChI=1S/C15H13ClO3S/c1-18-13-4-2-3-5-14(13)19-10-15(17)20-12-8-6-11(16)7-9-12/h2-9H,10H2,1H3. The van der Waals surface area contributed by atoms with Gasteiger partial charge in [0.05, 0.1) is 7.11 Å². The maximum atomic E-state index is 11.8. The van der Waals surface area contributed by atoms with Gasteiger partial charge in [0.1, 0.15) is 0 Å². The van der Waals surface area contributed by atoms with E-state index >= 15 is 0 Å². The first kappa shape index (κ1) is 14.8. The van der Waals surface area contributed by atoms with Crippen LogP contribution in [0.5, 0.6) is 11.5 Å². The number of halogens is 1. The largest absolute Gasteiger partial charge is 0.493 e. The molecule has 0 fully saturated rings. The van der Waals surface area contributed by atoms with Crippen LogP contribution >= 0.6 is 23.4 Å². The molecule has 0 atom stereocenters. The average molecular weight is 309 g/mol. The van der Waals surface area contributed by atoms with E-state index in [-0.39, 0.29) is 11.7 Å². The van der Waals surface area contributed by atoms with Crippen molar-refractivity contribution in [2.24, 2.45) is 0 Å². The molecule has 5 heteroatoms. The van der Waals surface area contributed by atoms with Crippen LogP contribution in [0.3, 0.4) is 0 Å². The zero-order chi connectivity index (χ0) is 14.4. The Bertz CT molecular complexity index is 584. The smallest absolute Gasteiger partial charge is 0.231 e. The van der Waals surface area contributed by atoms with Crippen LogP contribution in [-0.4, -0.2) is 18.8 Å². The van der Waals surface area contributed by atoms with Crippen LogP contribution in [0.15, 0.2) is 53.4 Å². The molecule has 0 aliphatic rings. The SMILES string of the molecule is COc1ccccc1OCC(=O)Sc1ccc(Cl)cc1. The van der Waals surface area contributed by atoms with E-state index in [0.29, 0.717) is 16.5 Å². The van der Waals surface area contributed by atoms with Crippen molar-refractivity contribution < 1.29 is 14.3 Å². The molecule has 2 aromatic carbocycles. The van der Waals surface area contributed by atoms with Gasteiger partial charge in [-0.1, -0.05) is 23.7 Å². The number of hydrogen-bond donors (Lipinski definition) is 0. The van der Waals surface area contributed by atoms with Crippen molar-refractivity contribution in [1.29, 1.82) is 0 Å². The summed E-state index contributed by atoms with van der Waals surface area (Å²) in [5, 5.41) is 0.560. The third-order valence-electron chi connectivity index (χ3n) is 2.46. The Hall–Kier alpha value is -1.65. The van der Waals surface area contributed by atoms with Gasteiger partial charge in [0.2, 0.25) is 5.12 Å². The lowest BCUT2D eigenvalue weighted by atomic mass is 10.3. The van der Waals surface area contributed by atoms with Crippen molar-refractivity contribution in [2.75, 3.05) is 13.7 Å². The minimum atomic E-state index is -0.0850. The second kappa shape index (κ2) is 7.22. The molecule has 20 heavy (non-hydrogen) atoms. The molecular weight excluding hydrogens is 296 g/mol. The number of para-hydroxylation sites is 2. The highest BCUT2D eigenvalue weighted by atomic mass is 35.5. The molecule has 0 aromatic heterocycles. The Morgan fingerprint density at radius 1 is 1.10 bits per heavy atom. The number of carbonyl (C=O) groups is 1. The van der Waals surface area contributed by atoms with E-state index < -0.39 is 0 Å². The molecule has 0 aliphatic heterocycles. The van der Waals surface area contributed by atoms with Gasteiger partial charge >= 0.3 is 0 Å². The highest BCUT2D eigenvalue weighted by molar-refractivity contribution is 8.13. The summed E-state index contributed by atoms with van der Waals surface area (Å²) in [7, 11) is 1.56. The normalized spacial score (nSPS) is 10.1. The first-order chi connectivity index (χ1) is 9.69. The Balaban J connectivity index is 1.90. The zero-order valence-corrected chi connectivity index (χ0v) is 12.4. The summed E-state index contributed by atoms with van der Waals surface area (Å²) in [6, 6.07) is 14.3. The number of methoxy groups -OCH3 is 1. The maximum Gasteiger partial charge on any atom is 0.231 e. The summed E-state index contributed by atoms with van der Waals surface area (Å²) >= 11 is 6.91. The second-order valence-electron chi connectivity index (χ2n) is 3.87. The Morgan fingerprint density at radius 3 is 2.40 bits per heavy atom. The topological polar surface area (TPSA) is 35.5 Å². The molecule has 0 unspecified atom stereocenters. The van der Waals surface area contributed by atoms with E-state index in [4.69, 9.17) is 21.1 Å². The molecule has 0 amide bonds. The van der Waals surface area contributed by atoms with Gasteiger partial charge in [-0.25, -0.2) is 0 Å². The first-order valence-corrected chi connectivity index (χ1v) is 7.10. The third kappa shape index (κ3) is 4.18. The van der Waals surface area contributed by atoms with Gasteiger partial charge in [-0.3, -0.25) is 4.79 Å². The van der Waals surface area contributed by atoms with Crippen molar-refractivity contribution in [3.8, 4) is 11.5 Å². The molecule has 0 radical (unpaired) electrons. The highest BCUT2D eigenvalue weighted by Gasteiger charge is 2.08. The molecule has 0 saturated carbocycles. The van der Waals surface area contributed by atoms with Crippen LogP contribution in [0.2, 0.25) is 5.02 Å². The fraction of sp³-hybridized carbons (Fsp3) is 0.133. The quantitative estimate of drug-likeness (QED) is 0.781. The first-order valence-electron chi connectivity index (χ1n) is 5.91. The van der Waals surface area contributed by atoms with E-state index in [0.717, 1.165) is 16.7 Å². The number of benzene rings is 2. The number of rotatable bonds is 5. The van der Waals surface area contributed by atoms with Gasteiger partial charge in [-0.2, -0.15) is 0 Å². The Kier molecular flexibility index (Phi) is 5.32. The van der Waals surface area contributed by atoms with Gasteiger partial charge in [0.25, 0.3) is 0 Å². The van der Waals surface area contributed by atoms with Crippen molar-refractivity contribution in [2.45, 2.75) is 4.90 Å². The third-order valence-corrected chi connectivity index (χ3v) is 3.57. The lowest BCUT2D eigenvalue weighted by Crippen LogP contribution is -2.07. The van der Waals surface area contributed by atoms with Gasteiger partial charge in [0.15, 0.2) is 18.1 Å². The summed E-state index contributed by atoms with van der Waals surface area (Å²) < 4.78 is 10.6. The summed E-state index contributed by atoms with van der Waals surface area (Å²) in [4.78, 5) is 12.7. The molecule has 0 spiro atoms. The summed E-state index contributed by atoms with van der Waals surface area (Å²) in [5.74, 6) is 1.16. The average Bonchev–Trinajstić information content (AvgIpc) is 2.48. The van der Waals surface area contributed by atoms with E-state index in [2.05, 4.69) is 0 Å². The molecule has 0 aliphatic carbocycles. The van der Waals surface area contributed by atoms with Crippen LogP contribution in [0, 0.1) is 0 Å². The Labute approximate surface area is 126 Å². The summed E-state index contributed by atoms with van der Waals surface area (Å²) in [5.41, 5.74) is 0. The van der Waals surface area contributed by atoms with E-state index in [1.165, 1.54) is 0 Å². The monoisotopic (exact) mass is 308 g/mol. The summed E-state index contributed by atoms with van der Waals surface area (Å²) in [6.07, 6.45) is 0. The fourth-order valence-electron chi connectivity index (χ4n) is 1.54. The van der Waals surface area contributed by atoms with Crippen molar-refractivity contribution in [1.82, 2.24) is 0 Å². The molecule has 0 N–H and O–H groups in total. The predicted octanol–water partition coefficient (Wildman–Crippen LogP) is 4.05. The zero-order valence-electron chi connectivity index (χ0n) is 10.8. The second-order valence-corrected chi connectivity index (χ2v) is 5.43. The minimum Gasteiger partial charge on any atom is -0.493 e. The predicted molar refractivity (Wildman–Crippen MR) is 80.8 cm³/mol. The van der Waals surface area contributed by atoms with Gasteiger partial charge in [-0.15, -0.1) is 0 Å². The Morgan fingerprint density at radius 2 is 1.75 bits per heavy atom.